The minimum absolute atomic E-state index is 0.320. The number of methoxy groups -OCH3 is 2. The molecular weight excluding hydrogens is 461 g/mol. The molecular formula is C26H30FN7O2. The van der Waals surface area contributed by atoms with Gasteiger partial charge in [-0.15, -0.1) is 5.10 Å². The van der Waals surface area contributed by atoms with Crippen molar-refractivity contribution in [2.24, 2.45) is 0 Å². The first-order valence-corrected chi connectivity index (χ1v) is 12.1. The summed E-state index contributed by atoms with van der Waals surface area (Å²) < 4.78 is 26.3. The van der Waals surface area contributed by atoms with Gasteiger partial charge >= 0.3 is 0 Å². The molecule has 2 aromatic heterocycles. The summed E-state index contributed by atoms with van der Waals surface area (Å²) >= 11 is 0. The van der Waals surface area contributed by atoms with E-state index in [1.54, 1.807) is 26.4 Å². The molecule has 10 heteroatoms. The van der Waals surface area contributed by atoms with Crippen molar-refractivity contribution < 1.29 is 13.9 Å². The van der Waals surface area contributed by atoms with E-state index in [1.807, 2.05) is 18.2 Å². The van der Waals surface area contributed by atoms with Gasteiger partial charge in [0.1, 0.15) is 11.6 Å². The number of nitrogen functional groups attached to an aromatic ring is 1. The highest BCUT2D eigenvalue weighted by molar-refractivity contribution is 5.99. The Labute approximate surface area is 209 Å². The molecule has 3 heterocycles. The molecule has 9 nitrogen and oxygen atoms in total. The minimum atomic E-state index is -0.377. The van der Waals surface area contributed by atoms with Crippen LogP contribution < -0.4 is 20.5 Å². The lowest BCUT2D eigenvalue weighted by Crippen LogP contribution is -2.33. The first kappa shape index (κ1) is 23.8. The van der Waals surface area contributed by atoms with Gasteiger partial charge < -0.3 is 25.4 Å². The molecule has 4 aromatic rings. The molecule has 0 saturated carbocycles. The van der Waals surface area contributed by atoms with E-state index in [2.05, 4.69) is 20.3 Å². The summed E-state index contributed by atoms with van der Waals surface area (Å²) in [6.45, 7) is 3.85. The Hall–Kier alpha value is -3.92. The zero-order chi connectivity index (χ0) is 25.1. The van der Waals surface area contributed by atoms with Crippen LogP contribution in [0.2, 0.25) is 0 Å². The number of nitrogens with zero attached hydrogens (tertiary/aromatic N) is 5. The molecule has 3 N–H and O–H groups in total. The molecule has 1 aliphatic heterocycles. The van der Waals surface area contributed by atoms with E-state index in [1.165, 1.54) is 36.1 Å². The summed E-state index contributed by atoms with van der Waals surface area (Å²) in [6, 6.07) is 11.7. The van der Waals surface area contributed by atoms with Gasteiger partial charge in [0.05, 0.1) is 31.0 Å². The van der Waals surface area contributed by atoms with Crippen LogP contribution in [0.5, 0.6) is 11.5 Å². The number of ether oxygens (including phenoxy) is 2. The molecule has 188 valence electrons. The third kappa shape index (κ3) is 4.76. The Balaban J connectivity index is 1.57. The van der Waals surface area contributed by atoms with Crippen LogP contribution in [0.25, 0.3) is 28.0 Å². The van der Waals surface area contributed by atoms with Crippen molar-refractivity contribution in [3.05, 3.63) is 48.3 Å². The van der Waals surface area contributed by atoms with Gasteiger partial charge in [-0.2, -0.15) is 4.98 Å². The zero-order valence-corrected chi connectivity index (χ0v) is 20.5. The van der Waals surface area contributed by atoms with Gasteiger partial charge in [0.2, 0.25) is 5.95 Å². The van der Waals surface area contributed by atoms with Crippen LogP contribution in [-0.4, -0.2) is 65.0 Å². The predicted molar refractivity (Wildman–Crippen MR) is 138 cm³/mol. The van der Waals surface area contributed by atoms with E-state index in [0.717, 1.165) is 25.2 Å². The summed E-state index contributed by atoms with van der Waals surface area (Å²) in [5.74, 6) is 1.57. The Bertz CT molecular complexity index is 1370. The Morgan fingerprint density at radius 3 is 2.56 bits per heavy atom. The van der Waals surface area contributed by atoms with E-state index in [9.17, 15) is 4.39 Å². The minimum Gasteiger partial charge on any atom is -0.493 e. The van der Waals surface area contributed by atoms with Crippen LogP contribution in [0, 0.1) is 5.82 Å². The molecule has 0 bridgehead atoms. The van der Waals surface area contributed by atoms with Crippen LogP contribution in [0.3, 0.4) is 0 Å². The highest BCUT2D eigenvalue weighted by Gasteiger charge is 2.21. The lowest BCUT2D eigenvalue weighted by molar-refractivity contribution is 0.237. The zero-order valence-electron chi connectivity index (χ0n) is 20.5. The average Bonchev–Trinajstić information content (AvgIpc) is 3.24. The van der Waals surface area contributed by atoms with Crippen LogP contribution in [-0.2, 0) is 0 Å². The van der Waals surface area contributed by atoms with Gasteiger partial charge in [-0.3, -0.25) is 0 Å². The summed E-state index contributed by atoms with van der Waals surface area (Å²) in [5.41, 5.74) is 8.83. The first-order valence-electron chi connectivity index (χ1n) is 12.1. The molecule has 0 atom stereocenters. The first-order chi connectivity index (χ1) is 17.6. The van der Waals surface area contributed by atoms with Crippen molar-refractivity contribution in [2.45, 2.75) is 19.3 Å². The van der Waals surface area contributed by atoms with Crippen molar-refractivity contribution in [3.63, 3.8) is 0 Å². The normalized spacial score (nSPS) is 14.2. The Morgan fingerprint density at radius 2 is 1.81 bits per heavy atom. The van der Waals surface area contributed by atoms with E-state index in [-0.39, 0.29) is 5.82 Å². The number of halogens is 1. The Kier molecular flexibility index (Phi) is 6.86. The molecule has 0 aliphatic carbocycles. The van der Waals surface area contributed by atoms with Crippen LogP contribution in [0.15, 0.2) is 42.5 Å². The fourth-order valence-electron chi connectivity index (χ4n) is 4.60. The lowest BCUT2D eigenvalue weighted by atomic mass is 10.1. The smallest absolute Gasteiger partial charge is 0.225 e. The molecule has 0 spiro atoms. The van der Waals surface area contributed by atoms with Crippen molar-refractivity contribution >= 4 is 22.8 Å². The van der Waals surface area contributed by atoms with Crippen molar-refractivity contribution in [3.8, 4) is 28.4 Å². The van der Waals surface area contributed by atoms with Crippen LogP contribution in [0.4, 0.5) is 16.2 Å². The maximum Gasteiger partial charge on any atom is 0.225 e. The van der Waals surface area contributed by atoms with Gasteiger partial charge in [-0.05, 0) is 62.3 Å². The van der Waals surface area contributed by atoms with E-state index < -0.39 is 0 Å². The van der Waals surface area contributed by atoms with Crippen molar-refractivity contribution in [1.29, 1.82) is 0 Å². The molecule has 5 rings (SSSR count). The second-order valence-corrected chi connectivity index (χ2v) is 8.77. The largest absolute Gasteiger partial charge is 0.493 e. The van der Waals surface area contributed by atoms with Gasteiger partial charge in [-0.1, -0.05) is 12.5 Å². The van der Waals surface area contributed by atoms with E-state index in [4.69, 9.17) is 20.2 Å². The predicted octanol–water partition coefficient (Wildman–Crippen LogP) is 4.12. The molecule has 1 aliphatic rings. The topological polar surface area (TPSA) is 103 Å². The van der Waals surface area contributed by atoms with Crippen LogP contribution >= 0.6 is 0 Å². The molecule has 0 amide bonds. The monoisotopic (exact) mass is 491 g/mol. The molecule has 0 radical (unpaired) electrons. The van der Waals surface area contributed by atoms with Crippen molar-refractivity contribution in [2.75, 3.05) is 51.4 Å². The molecule has 1 fully saturated rings. The number of aromatic nitrogens is 4. The third-order valence-electron chi connectivity index (χ3n) is 6.44. The number of nitrogens with two attached hydrogens (primary N) is 1. The number of fused-ring (bicyclic) bond motifs is 1. The molecule has 1 saturated heterocycles. The summed E-state index contributed by atoms with van der Waals surface area (Å²) in [5, 5.41) is 8.54. The number of likely N-dealkylation sites (tertiary alicyclic amines) is 1. The average molecular weight is 492 g/mol. The fraction of sp³-hybridized carbons (Fsp3) is 0.346. The van der Waals surface area contributed by atoms with Gasteiger partial charge in [0, 0.05) is 18.7 Å². The summed E-state index contributed by atoms with van der Waals surface area (Å²) in [4.78, 5) is 11.9. The Morgan fingerprint density at radius 1 is 1.00 bits per heavy atom. The summed E-state index contributed by atoms with van der Waals surface area (Å²) in [6.07, 6.45) is 3.78. The molecule has 2 aromatic carbocycles. The van der Waals surface area contributed by atoms with Gasteiger partial charge in [0.15, 0.2) is 17.1 Å². The van der Waals surface area contributed by atoms with Gasteiger partial charge in [-0.25, -0.2) is 14.1 Å². The standard InChI is InChI=1S/C26H30FN7O2/c1-35-20-10-9-17(15-21(20)36-2)23-22-24(28)34(19-8-6-7-18(27)16-19)32-25(22)31-26(30-23)29-11-14-33-12-4-3-5-13-33/h6-10,15-16H,3-5,11-14,28H2,1-2H3,(H,29,31,32). The fourth-order valence-corrected chi connectivity index (χ4v) is 4.60. The van der Waals surface area contributed by atoms with Crippen LogP contribution in [0.1, 0.15) is 19.3 Å². The molecule has 0 unspecified atom stereocenters. The highest BCUT2D eigenvalue weighted by atomic mass is 19.1. The maximum absolute atomic E-state index is 13.9. The number of nitrogens with one attached hydrogen (secondary N) is 1. The maximum atomic E-state index is 13.9. The second kappa shape index (κ2) is 10.4. The quantitative estimate of drug-likeness (QED) is 0.379. The van der Waals surface area contributed by atoms with Gasteiger partial charge in [0.25, 0.3) is 0 Å². The number of piperidine rings is 1. The molecule has 36 heavy (non-hydrogen) atoms. The number of hydrogen-bond acceptors (Lipinski definition) is 8. The number of anilines is 2. The summed E-state index contributed by atoms with van der Waals surface area (Å²) in [7, 11) is 3.17. The van der Waals surface area contributed by atoms with E-state index >= 15 is 0 Å². The highest BCUT2D eigenvalue weighted by Crippen LogP contribution is 2.37. The van der Waals surface area contributed by atoms with Crippen molar-refractivity contribution in [1.82, 2.24) is 24.6 Å². The number of hydrogen-bond donors (Lipinski definition) is 2. The number of benzene rings is 2. The van der Waals surface area contributed by atoms with E-state index in [0.29, 0.717) is 52.2 Å². The number of rotatable bonds is 8. The third-order valence-corrected chi connectivity index (χ3v) is 6.44. The lowest BCUT2D eigenvalue weighted by Gasteiger charge is -2.26. The second-order valence-electron chi connectivity index (χ2n) is 8.77. The SMILES string of the molecule is COc1ccc(-c2nc(NCCN3CCCCC3)nc3nn(-c4cccc(F)c4)c(N)c23)cc1OC.